The number of nitrogens with zero attached hydrogens (tertiary/aromatic N) is 3. The molecule has 0 fully saturated rings. The quantitative estimate of drug-likeness (QED) is 0.264. The highest BCUT2D eigenvalue weighted by atomic mass is 19.2. The highest BCUT2D eigenvalue weighted by Gasteiger charge is 2.33. The lowest BCUT2D eigenvalue weighted by molar-refractivity contribution is -0.144. The van der Waals surface area contributed by atoms with Crippen LogP contribution in [0.4, 0.5) is 18.9 Å². The average molecular weight is 543 g/mol. The van der Waals surface area contributed by atoms with Gasteiger partial charge in [0, 0.05) is 19.5 Å². The monoisotopic (exact) mass is 542 g/mol. The largest absolute Gasteiger partial charge is 0.485 e. The maximum Gasteiger partial charge on any atom is 0.328 e. The number of pyridine rings is 1. The molecule has 12 heteroatoms. The van der Waals surface area contributed by atoms with Crippen molar-refractivity contribution < 1.29 is 37.0 Å². The van der Waals surface area contributed by atoms with Gasteiger partial charge in [0.25, 0.3) is 11.8 Å². The average Bonchev–Trinajstić information content (AvgIpc) is 2.91. The van der Waals surface area contributed by atoms with Crippen molar-refractivity contribution in [2.75, 3.05) is 18.6 Å². The van der Waals surface area contributed by atoms with E-state index in [1.54, 1.807) is 24.3 Å². The molecule has 39 heavy (non-hydrogen) atoms. The molecule has 0 saturated carbocycles. The van der Waals surface area contributed by atoms with E-state index in [2.05, 4.69) is 4.98 Å². The van der Waals surface area contributed by atoms with E-state index in [-0.39, 0.29) is 43.1 Å². The number of esters is 1. The number of nitrogens with two attached hydrogens (primary N) is 1. The van der Waals surface area contributed by atoms with Gasteiger partial charge in [-0.15, -0.1) is 0 Å². The molecule has 0 aliphatic rings. The van der Waals surface area contributed by atoms with Gasteiger partial charge in [-0.05, 0) is 31.0 Å². The number of hydrogen-bond donors (Lipinski definition) is 1. The maximum absolute atomic E-state index is 15.6. The number of rotatable bonds is 12. The minimum Gasteiger partial charge on any atom is -0.485 e. The van der Waals surface area contributed by atoms with Crippen molar-refractivity contribution in [2.45, 2.75) is 32.4 Å². The molecule has 2 aromatic carbocycles. The second-order valence-corrected chi connectivity index (χ2v) is 8.22. The lowest BCUT2D eigenvalue weighted by Gasteiger charge is -2.29. The lowest BCUT2D eigenvalue weighted by atomic mass is 10.1. The van der Waals surface area contributed by atoms with Crippen molar-refractivity contribution in [3.63, 3.8) is 0 Å². The summed E-state index contributed by atoms with van der Waals surface area (Å²) in [6.07, 6.45) is -0.567. The van der Waals surface area contributed by atoms with Gasteiger partial charge in [0.1, 0.15) is 18.3 Å². The van der Waals surface area contributed by atoms with E-state index in [1.165, 1.54) is 25.1 Å². The summed E-state index contributed by atoms with van der Waals surface area (Å²) >= 11 is 0. The summed E-state index contributed by atoms with van der Waals surface area (Å²) < 4.78 is 61.3. The van der Waals surface area contributed by atoms with Crippen LogP contribution in [0.2, 0.25) is 0 Å². The summed E-state index contributed by atoms with van der Waals surface area (Å²) in [4.78, 5) is 27.8. The van der Waals surface area contributed by atoms with E-state index >= 15 is 4.39 Å². The summed E-state index contributed by atoms with van der Waals surface area (Å²) in [5, 5.41) is 9.30. The number of carbonyl (C=O) groups is 2. The second kappa shape index (κ2) is 13.1. The Morgan fingerprint density at radius 2 is 1.82 bits per heavy atom. The van der Waals surface area contributed by atoms with E-state index in [4.69, 9.17) is 19.9 Å². The van der Waals surface area contributed by atoms with Crippen LogP contribution in [0.25, 0.3) is 0 Å². The van der Waals surface area contributed by atoms with E-state index in [0.717, 1.165) is 17.5 Å². The van der Waals surface area contributed by atoms with Crippen LogP contribution in [0.15, 0.2) is 48.5 Å². The number of benzene rings is 2. The first kappa shape index (κ1) is 28.8. The first-order chi connectivity index (χ1) is 18.7. The van der Waals surface area contributed by atoms with Crippen molar-refractivity contribution in [1.82, 2.24) is 4.98 Å². The molecule has 2 N–H and O–H groups in total. The third-order valence-electron chi connectivity index (χ3n) is 5.54. The molecule has 3 rings (SSSR count). The molecule has 1 aromatic heterocycles. The fourth-order valence-corrected chi connectivity index (χ4v) is 3.62. The van der Waals surface area contributed by atoms with Gasteiger partial charge in [0.15, 0.2) is 11.5 Å². The third-order valence-corrected chi connectivity index (χ3v) is 5.54. The number of halogens is 3. The Morgan fingerprint density at radius 3 is 2.46 bits per heavy atom. The number of amides is 1. The number of carbonyl (C=O) groups excluding carboxylic acids is 2. The topological polar surface area (TPSA) is 128 Å². The number of nitriles is 1. The molecule has 0 aliphatic heterocycles. The summed E-state index contributed by atoms with van der Waals surface area (Å²) in [7, 11) is 1.12. The van der Waals surface area contributed by atoms with Crippen LogP contribution >= 0.6 is 0 Å². The molecule has 0 saturated heterocycles. The lowest BCUT2D eigenvalue weighted by Crippen LogP contribution is -2.41. The molecule has 1 atom stereocenters. The van der Waals surface area contributed by atoms with Crippen LogP contribution in [0.1, 0.15) is 30.9 Å². The van der Waals surface area contributed by atoms with Gasteiger partial charge in [0.05, 0.1) is 18.2 Å². The number of primary amides is 1. The highest BCUT2D eigenvalue weighted by Crippen LogP contribution is 2.37. The Kier molecular flexibility index (Phi) is 9.69. The van der Waals surface area contributed by atoms with Crippen LogP contribution in [0, 0.1) is 28.9 Å². The number of aromatic nitrogens is 1. The zero-order chi connectivity index (χ0) is 28.5. The smallest absolute Gasteiger partial charge is 0.328 e. The van der Waals surface area contributed by atoms with E-state index in [9.17, 15) is 23.6 Å². The Bertz CT molecular complexity index is 1380. The number of hydrogen-bond acceptors (Lipinski definition) is 8. The first-order valence-electron chi connectivity index (χ1n) is 11.8. The van der Waals surface area contributed by atoms with Gasteiger partial charge in [0.2, 0.25) is 17.5 Å². The molecule has 9 nitrogen and oxygen atoms in total. The molecule has 0 radical (unpaired) electrons. The predicted octanol–water partition coefficient (Wildman–Crippen LogP) is 4.38. The molecule has 0 aliphatic carbocycles. The molecule has 1 unspecified atom stereocenters. The SMILES string of the molecule is CCOC(=O)C(CCC(N)=O)N(C)c1c(F)c(F)nc(Oc2cc(C#N)ccc2OCc2ccccc2)c1F. The molecule has 204 valence electrons. The molecule has 0 spiro atoms. The molecule has 0 bridgehead atoms. The summed E-state index contributed by atoms with van der Waals surface area (Å²) in [6, 6.07) is 13.6. The normalized spacial score (nSPS) is 11.3. The number of ether oxygens (including phenoxy) is 3. The standard InChI is InChI=1S/C27H25F3N4O5/c1-3-37-27(36)18(10-12-21(32)35)34(2)24-22(28)25(30)33-26(23(24)29)39-20-13-17(14-31)9-11-19(20)38-15-16-7-5-4-6-8-16/h4-9,11,13,18H,3,10,12,15H2,1-2H3,(H2,32,35). The van der Waals surface area contributed by atoms with Crippen LogP contribution in [-0.4, -0.2) is 36.6 Å². The van der Waals surface area contributed by atoms with Gasteiger partial charge in [-0.25, -0.2) is 4.79 Å². The third kappa shape index (κ3) is 7.16. The van der Waals surface area contributed by atoms with Gasteiger partial charge >= 0.3 is 5.97 Å². The zero-order valence-electron chi connectivity index (χ0n) is 21.1. The zero-order valence-corrected chi connectivity index (χ0v) is 21.1. The fourth-order valence-electron chi connectivity index (χ4n) is 3.62. The number of likely N-dealkylation sites (N-methyl/N-ethyl adjacent to an activating group) is 1. The van der Waals surface area contributed by atoms with Gasteiger partial charge < -0.3 is 24.8 Å². The molecular formula is C27H25F3N4O5. The van der Waals surface area contributed by atoms with E-state index in [1.807, 2.05) is 12.1 Å². The summed E-state index contributed by atoms with van der Waals surface area (Å²) in [5.74, 6) is -7.61. The van der Waals surface area contributed by atoms with Gasteiger partial charge in [-0.1, -0.05) is 30.3 Å². The van der Waals surface area contributed by atoms with Gasteiger partial charge in [-0.2, -0.15) is 23.4 Å². The maximum atomic E-state index is 15.6. The highest BCUT2D eigenvalue weighted by molar-refractivity contribution is 5.82. The minimum absolute atomic E-state index is 0.0508. The molecule has 3 aromatic rings. The Labute approximate surface area is 222 Å². The van der Waals surface area contributed by atoms with Crippen LogP contribution < -0.4 is 20.1 Å². The number of anilines is 1. The van der Waals surface area contributed by atoms with Crippen molar-refractivity contribution in [2.24, 2.45) is 5.73 Å². The molecule has 1 heterocycles. The predicted molar refractivity (Wildman–Crippen MR) is 133 cm³/mol. The van der Waals surface area contributed by atoms with Crippen molar-refractivity contribution in [3.8, 4) is 23.4 Å². The first-order valence-corrected chi connectivity index (χ1v) is 11.8. The van der Waals surface area contributed by atoms with Crippen molar-refractivity contribution in [3.05, 3.63) is 77.2 Å². The summed E-state index contributed by atoms with van der Waals surface area (Å²) in [6.45, 7) is 1.56. The molecular weight excluding hydrogens is 517 g/mol. The van der Waals surface area contributed by atoms with Crippen molar-refractivity contribution in [1.29, 1.82) is 5.26 Å². The minimum atomic E-state index is -1.71. The second-order valence-electron chi connectivity index (χ2n) is 8.22. The Balaban J connectivity index is 2.00. The van der Waals surface area contributed by atoms with Crippen LogP contribution in [0.5, 0.6) is 17.4 Å². The Hall–Kier alpha value is -4.79. The van der Waals surface area contributed by atoms with E-state index < -0.39 is 47.1 Å². The fraction of sp³-hybridized carbons (Fsp3) is 0.259. The van der Waals surface area contributed by atoms with Gasteiger partial charge in [-0.3, -0.25) is 4.79 Å². The Morgan fingerprint density at radius 1 is 1.10 bits per heavy atom. The molecule has 1 amide bonds. The summed E-state index contributed by atoms with van der Waals surface area (Å²) in [5.41, 5.74) is 5.10. The van der Waals surface area contributed by atoms with Crippen LogP contribution in [-0.2, 0) is 20.9 Å². The van der Waals surface area contributed by atoms with Crippen molar-refractivity contribution >= 4 is 17.6 Å². The van der Waals surface area contributed by atoms with E-state index in [0.29, 0.717) is 0 Å². The van der Waals surface area contributed by atoms with Crippen LogP contribution in [0.3, 0.4) is 0 Å².